The van der Waals surface area contributed by atoms with Crippen LogP contribution in [0.2, 0.25) is 0 Å². The fourth-order valence-corrected chi connectivity index (χ4v) is 5.00. The molecule has 0 atom stereocenters. The van der Waals surface area contributed by atoms with Crippen LogP contribution in [-0.2, 0) is 37.0 Å². The number of rotatable bonds is 10. The molecule has 0 aliphatic carbocycles. The molecule has 0 radical (unpaired) electrons. The minimum atomic E-state index is -4.12. The third kappa shape index (κ3) is 5.41. The second-order valence-corrected chi connectivity index (χ2v) is 10.2. The molecule has 0 amide bonds. The maximum Gasteiger partial charge on any atom is 0.333 e. The van der Waals surface area contributed by atoms with Crippen molar-refractivity contribution in [1.82, 2.24) is 18.7 Å². The highest BCUT2D eigenvalue weighted by Gasteiger charge is 2.21. The first-order valence-electron chi connectivity index (χ1n) is 11.3. The number of fused-ring (bicyclic) bond motifs is 1. The van der Waals surface area contributed by atoms with Crippen molar-refractivity contribution in [2.24, 2.45) is 0 Å². The number of hydrogen-bond donors (Lipinski definition) is 2. The lowest BCUT2D eigenvalue weighted by Gasteiger charge is -2.11. The van der Waals surface area contributed by atoms with Gasteiger partial charge in [-0.2, -0.15) is 0 Å². The van der Waals surface area contributed by atoms with Gasteiger partial charge in [0.2, 0.25) is 0 Å². The minimum absolute atomic E-state index is 0.164. The van der Waals surface area contributed by atoms with Gasteiger partial charge in [-0.3, -0.25) is 13.9 Å². The van der Waals surface area contributed by atoms with E-state index in [0.29, 0.717) is 30.7 Å². The maximum absolute atomic E-state index is 13.2. The molecule has 1 aromatic carbocycles. The van der Waals surface area contributed by atoms with E-state index in [2.05, 4.69) is 31.9 Å². The molecule has 182 valence electrons. The summed E-state index contributed by atoms with van der Waals surface area (Å²) in [5.74, 6) is 3.07. The van der Waals surface area contributed by atoms with E-state index in [0.717, 1.165) is 11.0 Å². The zero-order chi connectivity index (χ0) is 25.0. The van der Waals surface area contributed by atoms with Crippen LogP contribution in [-0.4, -0.2) is 34.6 Å². The number of terminal acetylenes is 1. The SMILES string of the molecule is C#CCn1c(=O)c2c(nc(CCc3c(C)cccc3C)n2CC)n(CCCCP(=O)(O)O)c1=O. The van der Waals surface area contributed by atoms with Gasteiger partial charge in [0.25, 0.3) is 5.56 Å². The van der Waals surface area contributed by atoms with Crippen molar-refractivity contribution in [1.29, 1.82) is 0 Å². The summed E-state index contributed by atoms with van der Waals surface area (Å²) < 4.78 is 15.4. The minimum Gasteiger partial charge on any atom is -0.324 e. The molecule has 2 heterocycles. The zero-order valence-corrected chi connectivity index (χ0v) is 20.7. The molecular weight excluding hydrogens is 455 g/mol. The zero-order valence-electron chi connectivity index (χ0n) is 19.8. The summed E-state index contributed by atoms with van der Waals surface area (Å²) in [4.78, 5) is 49.3. The lowest BCUT2D eigenvalue weighted by molar-refractivity contribution is 0.370. The van der Waals surface area contributed by atoms with E-state index in [9.17, 15) is 14.2 Å². The predicted molar refractivity (Wildman–Crippen MR) is 132 cm³/mol. The molecule has 0 unspecified atom stereocenters. The Morgan fingerprint density at radius 1 is 1.06 bits per heavy atom. The number of nitrogens with zero attached hydrogens (tertiary/aromatic N) is 4. The average Bonchev–Trinajstić information content (AvgIpc) is 3.13. The van der Waals surface area contributed by atoms with Crippen LogP contribution >= 0.6 is 7.60 Å². The van der Waals surface area contributed by atoms with Crippen molar-refractivity contribution in [3.8, 4) is 12.3 Å². The molecule has 3 aromatic rings. The van der Waals surface area contributed by atoms with Crippen LogP contribution in [0.4, 0.5) is 0 Å². The summed E-state index contributed by atoms with van der Waals surface area (Å²) in [6.07, 6.45) is 7.07. The second kappa shape index (κ2) is 10.6. The summed E-state index contributed by atoms with van der Waals surface area (Å²) >= 11 is 0. The Balaban J connectivity index is 2.07. The highest BCUT2D eigenvalue weighted by molar-refractivity contribution is 7.51. The molecule has 0 aliphatic heterocycles. The maximum atomic E-state index is 13.2. The Kier molecular flexibility index (Phi) is 7.98. The summed E-state index contributed by atoms with van der Waals surface area (Å²) in [5.41, 5.74) is 3.19. The molecule has 0 fully saturated rings. The normalized spacial score (nSPS) is 11.8. The van der Waals surface area contributed by atoms with Crippen LogP contribution in [0.5, 0.6) is 0 Å². The lowest BCUT2D eigenvalue weighted by Crippen LogP contribution is -2.40. The number of hydrogen-bond acceptors (Lipinski definition) is 4. The van der Waals surface area contributed by atoms with E-state index in [-0.39, 0.29) is 31.3 Å². The molecule has 10 heteroatoms. The molecule has 0 spiro atoms. The molecule has 2 N–H and O–H groups in total. The van der Waals surface area contributed by atoms with E-state index >= 15 is 0 Å². The van der Waals surface area contributed by atoms with Gasteiger partial charge >= 0.3 is 13.3 Å². The number of benzene rings is 1. The lowest BCUT2D eigenvalue weighted by atomic mass is 9.98. The Hall–Kier alpha value is -2.92. The first-order valence-corrected chi connectivity index (χ1v) is 13.1. The van der Waals surface area contributed by atoms with E-state index in [1.165, 1.54) is 21.3 Å². The van der Waals surface area contributed by atoms with Crippen LogP contribution in [0.1, 0.15) is 42.3 Å². The second-order valence-electron chi connectivity index (χ2n) is 8.44. The quantitative estimate of drug-likeness (QED) is 0.258. The van der Waals surface area contributed by atoms with Gasteiger partial charge in [0.05, 0.1) is 6.54 Å². The summed E-state index contributed by atoms with van der Waals surface area (Å²) in [6, 6.07) is 6.16. The summed E-state index contributed by atoms with van der Waals surface area (Å²) in [5, 5.41) is 0. The molecule has 2 aromatic heterocycles. The fraction of sp³-hybridized carbons (Fsp3) is 0.458. The van der Waals surface area contributed by atoms with Gasteiger partial charge in [0.15, 0.2) is 11.2 Å². The van der Waals surface area contributed by atoms with Crippen molar-refractivity contribution in [2.75, 3.05) is 6.16 Å². The standard InChI is InChI=1S/C24H31N4O5P/c1-5-14-28-23(29)21-22(27(24(28)30)15-7-8-16-34(31,32)33)25-20(26(21)6-2)13-12-19-17(3)10-9-11-18(19)4/h1,9-11H,6-8,12-16H2,2-4H3,(H2,31,32,33). The average molecular weight is 487 g/mol. The van der Waals surface area contributed by atoms with Gasteiger partial charge in [-0.1, -0.05) is 24.1 Å². The van der Waals surface area contributed by atoms with Crippen molar-refractivity contribution in [2.45, 2.75) is 66.1 Å². The van der Waals surface area contributed by atoms with E-state index in [4.69, 9.17) is 21.2 Å². The van der Waals surface area contributed by atoms with Gasteiger partial charge in [-0.15, -0.1) is 6.42 Å². The Bertz CT molecular complexity index is 1380. The number of aryl methyl sites for hydroxylation is 5. The predicted octanol–water partition coefficient (Wildman–Crippen LogP) is 2.37. The van der Waals surface area contributed by atoms with Crippen molar-refractivity contribution in [3.63, 3.8) is 0 Å². The van der Waals surface area contributed by atoms with Gasteiger partial charge in [0, 0.05) is 25.7 Å². The smallest absolute Gasteiger partial charge is 0.324 e. The van der Waals surface area contributed by atoms with Crippen molar-refractivity contribution >= 4 is 18.8 Å². The molecule has 3 rings (SSSR count). The monoisotopic (exact) mass is 486 g/mol. The highest BCUT2D eigenvalue weighted by Crippen LogP contribution is 2.35. The van der Waals surface area contributed by atoms with Crippen LogP contribution in [0.3, 0.4) is 0 Å². The first-order chi connectivity index (χ1) is 16.1. The van der Waals surface area contributed by atoms with Crippen molar-refractivity contribution < 1.29 is 14.4 Å². The summed E-state index contributed by atoms with van der Waals surface area (Å²) in [7, 11) is -4.12. The number of aromatic nitrogens is 4. The van der Waals surface area contributed by atoms with E-state index < -0.39 is 18.8 Å². The number of imidazole rings is 1. The van der Waals surface area contributed by atoms with Gasteiger partial charge in [-0.25, -0.2) is 14.3 Å². The van der Waals surface area contributed by atoms with Gasteiger partial charge in [0.1, 0.15) is 5.82 Å². The molecule has 34 heavy (non-hydrogen) atoms. The molecular formula is C24H31N4O5P. The van der Waals surface area contributed by atoms with Crippen LogP contribution in [0.25, 0.3) is 11.2 Å². The number of unbranched alkanes of at least 4 members (excludes halogenated alkanes) is 1. The summed E-state index contributed by atoms with van der Waals surface area (Å²) in [6.45, 7) is 6.57. The molecule has 0 aliphatic rings. The third-order valence-corrected chi connectivity index (χ3v) is 6.98. The first kappa shape index (κ1) is 25.7. The molecule has 9 nitrogen and oxygen atoms in total. The largest absolute Gasteiger partial charge is 0.333 e. The van der Waals surface area contributed by atoms with E-state index in [1.54, 1.807) is 0 Å². The van der Waals surface area contributed by atoms with Gasteiger partial charge < -0.3 is 14.4 Å². The van der Waals surface area contributed by atoms with Crippen LogP contribution < -0.4 is 11.2 Å². The Labute approximate surface area is 198 Å². The topological polar surface area (TPSA) is 119 Å². The Morgan fingerprint density at radius 3 is 2.32 bits per heavy atom. The Morgan fingerprint density at radius 2 is 1.74 bits per heavy atom. The molecule has 0 bridgehead atoms. The van der Waals surface area contributed by atoms with E-state index in [1.807, 2.05) is 17.6 Å². The van der Waals surface area contributed by atoms with Crippen molar-refractivity contribution in [3.05, 3.63) is 61.6 Å². The third-order valence-electron chi connectivity index (χ3n) is 6.08. The fourth-order valence-electron chi connectivity index (χ4n) is 4.37. The van der Waals surface area contributed by atoms with Crippen LogP contribution in [0.15, 0.2) is 27.8 Å². The van der Waals surface area contributed by atoms with Crippen LogP contribution in [0, 0.1) is 26.2 Å². The highest BCUT2D eigenvalue weighted by atomic mass is 31.2. The van der Waals surface area contributed by atoms with Gasteiger partial charge in [-0.05, 0) is 56.7 Å². The molecule has 0 saturated carbocycles. The molecule has 0 saturated heterocycles.